The number of pyridine rings is 1. The third-order valence-electron chi connectivity index (χ3n) is 9.31. The Labute approximate surface area is 310 Å². The first-order valence-electron chi connectivity index (χ1n) is 17.7. The summed E-state index contributed by atoms with van der Waals surface area (Å²) in [5.41, 5.74) is 2.62. The molecular formula is C38H42F3N9O4. The molecule has 54 heavy (non-hydrogen) atoms. The Balaban J connectivity index is 1.16. The zero-order valence-corrected chi connectivity index (χ0v) is 30.4. The molecule has 6 rings (SSSR count). The third-order valence-corrected chi connectivity index (χ3v) is 9.31. The number of halogens is 3. The quantitative estimate of drug-likeness (QED) is 0.131. The summed E-state index contributed by atoms with van der Waals surface area (Å²) in [6, 6.07) is 11.0. The van der Waals surface area contributed by atoms with Crippen molar-refractivity contribution in [3.8, 4) is 5.75 Å². The number of hydrogen-bond donors (Lipinski definition) is 4. The maximum Gasteiger partial charge on any atom is 0.419 e. The normalized spacial score (nSPS) is 15.6. The molecule has 284 valence electrons. The molecule has 0 aliphatic carbocycles. The number of urea groups is 1. The number of piperidine rings is 1. The highest BCUT2D eigenvalue weighted by Gasteiger charge is 2.35. The van der Waals surface area contributed by atoms with Gasteiger partial charge in [-0.25, -0.2) is 14.8 Å². The van der Waals surface area contributed by atoms with Crippen molar-refractivity contribution in [2.24, 2.45) is 0 Å². The Morgan fingerprint density at radius 1 is 0.963 bits per heavy atom. The number of carbonyl (C=O) groups is 3. The number of ether oxygens (including phenoxy) is 1. The first kappa shape index (κ1) is 38.0. The second kappa shape index (κ2) is 16.1. The number of rotatable bonds is 11. The summed E-state index contributed by atoms with van der Waals surface area (Å²) in [5, 5.41) is 10.8. The zero-order chi connectivity index (χ0) is 38.6. The van der Waals surface area contributed by atoms with E-state index in [0.717, 1.165) is 48.9 Å². The topological polar surface area (TPSA) is 154 Å². The van der Waals surface area contributed by atoms with Crippen molar-refractivity contribution in [3.05, 3.63) is 89.0 Å². The number of imide groups is 1. The Morgan fingerprint density at radius 2 is 1.72 bits per heavy atom. The molecule has 2 aliphatic heterocycles. The number of benzene rings is 2. The van der Waals surface area contributed by atoms with Gasteiger partial charge in [0.2, 0.25) is 5.91 Å². The van der Waals surface area contributed by atoms with Crippen molar-refractivity contribution in [3.63, 3.8) is 0 Å². The van der Waals surface area contributed by atoms with E-state index in [9.17, 15) is 27.6 Å². The van der Waals surface area contributed by atoms with Gasteiger partial charge in [0, 0.05) is 38.8 Å². The van der Waals surface area contributed by atoms with Crippen LogP contribution in [0.3, 0.4) is 0 Å². The maximum atomic E-state index is 14.1. The van der Waals surface area contributed by atoms with Gasteiger partial charge in [-0.05, 0) is 88.0 Å². The summed E-state index contributed by atoms with van der Waals surface area (Å²) in [6.45, 7) is 8.31. The van der Waals surface area contributed by atoms with E-state index < -0.39 is 23.7 Å². The summed E-state index contributed by atoms with van der Waals surface area (Å²) in [6.07, 6.45) is 1.07. The van der Waals surface area contributed by atoms with Gasteiger partial charge in [-0.15, -0.1) is 0 Å². The standard InChI is InChI=1S/C38H42F3N9O4/c1-22(2)54-32-16-27(24-9-12-49(13-10-24)21-25-18-45-34(20-43-25)50-14-11-35(51)48-37(50)53)23(3)15-31(32)47-33-17-30(28(19-44-33)38(39,40)41)46-29-8-6-5-7-26(29)36(52)42-4/h5-8,15-20,22,24H,9-14,21H2,1-4H3,(H,42,52)(H2,44,46,47)(H,48,51,53). The van der Waals surface area contributed by atoms with E-state index in [1.54, 1.807) is 24.5 Å². The lowest BCUT2D eigenvalue weighted by Gasteiger charge is -2.33. The molecule has 0 unspecified atom stereocenters. The van der Waals surface area contributed by atoms with Gasteiger partial charge in [-0.2, -0.15) is 13.2 Å². The molecule has 4 N–H and O–H groups in total. The predicted octanol–water partition coefficient (Wildman–Crippen LogP) is 6.66. The average molecular weight is 746 g/mol. The van der Waals surface area contributed by atoms with Gasteiger partial charge in [-0.3, -0.25) is 29.7 Å². The minimum absolute atomic E-state index is 0.155. The van der Waals surface area contributed by atoms with E-state index in [4.69, 9.17) is 4.74 Å². The molecule has 0 atom stereocenters. The van der Waals surface area contributed by atoms with Crippen LogP contribution in [-0.4, -0.2) is 70.5 Å². The van der Waals surface area contributed by atoms with Crippen LogP contribution in [-0.2, 0) is 17.5 Å². The van der Waals surface area contributed by atoms with E-state index in [1.807, 2.05) is 32.9 Å². The number of aryl methyl sites for hydroxylation is 1. The number of likely N-dealkylation sites (tertiary alicyclic amines) is 1. The predicted molar refractivity (Wildman–Crippen MR) is 197 cm³/mol. The fourth-order valence-electron chi connectivity index (χ4n) is 6.64. The second-order valence-electron chi connectivity index (χ2n) is 13.5. The van der Waals surface area contributed by atoms with Gasteiger partial charge in [0.15, 0.2) is 5.82 Å². The van der Waals surface area contributed by atoms with E-state index >= 15 is 0 Å². The van der Waals surface area contributed by atoms with Gasteiger partial charge in [0.25, 0.3) is 5.91 Å². The van der Waals surface area contributed by atoms with Gasteiger partial charge < -0.3 is 20.7 Å². The Kier molecular flexibility index (Phi) is 11.3. The Hall–Kier alpha value is -5.77. The van der Waals surface area contributed by atoms with Crippen LogP contribution in [0.25, 0.3) is 0 Å². The minimum Gasteiger partial charge on any atom is -0.489 e. The molecule has 2 aromatic heterocycles. The van der Waals surface area contributed by atoms with Gasteiger partial charge in [0.1, 0.15) is 11.6 Å². The van der Waals surface area contributed by atoms with Crippen LogP contribution in [0, 0.1) is 6.92 Å². The minimum atomic E-state index is -4.70. The average Bonchev–Trinajstić information content (AvgIpc) is 3.13. The fourth-order valence-corrected chi connectivity index (χ4v) is 6.64. The molecule has 0 spiro atoms. The van der Waals surface area contributed by atoms with Gasteiger partial charge >= 0.3 is 12.2 Å². The highest BCUT2D eigenvalue weighted by molar-refractivity contribution is 6.05. The molecule has 2 saturated heterocycles. The van der Waals surface area contributed by atoms with Crippen LogP contribution in [0.1, 0.15) is 71.8 Å². The van der Waals surface area contributed by atoms with Crippen molar-refractivity contribution in [2.45, 2.75) is 64.8 Å². The molecule has 4 aromatic rings. The van der Waals surface area contributed by atoms with E-state index in [2.05, 4.69) is 41.1 Å². The third kappa shape index (κ3) is 8.87. The lowest BCUT2D eigenvalue weighted by atomic mass is 9.86. The number of para-hydroxylation sites is 1. The molecule has 16 heteroatoms. The molecule has 13 nitrogen and oxygen atoms in total. The molecule has 0 radical (unpaired) electrons. The number of carbonyl (C=O) groups excluding carboxylic acids is 3. The van der Waals surface area contributed by atoms with Gasteiger partial charge in [0.05, 0.1) is 52.4 Å². The monoisotopic (exact) mass is 745 g/mol. The summed E-state index contributed by atoms with van der Waals surface area (Å²) >= 11 is 0. The van der Waals surface area contributed by atoms with Gasteiger partial charge in [-0.1, -0.05) is 12.1 Å². The highest BCUT2D eigenvalue weighted by atomic mass is 19.4. The number of nitrogens with zero attached hydrogens (tertiary/aromatic N) is 5. The molecule has 0 bridgehead atoms. The smallest absolute Gasteiger partial charge is 0.419 e. The van der Waals surface area contributed by atoms with Crippen molar-refractivity contribution in [1.82, 2.24) is 30.5 Å². The van der Waals surface area contributed by atoms with E-state index in [1.165, 1.54) is 30.1 Å². The molecular weight excluding hydrogens is 703 g/mol. The number of anilines is 5. The summed E-state index contributed by atoms with van der Waals surface area (Å²) in [7, 11) is 1.45. The lowest BCUT2D eigenvalue weighted by molar-refractivity contribution is -0.137. The molecule has 4 heterocycles. The van der Waals surface area contributed by atoms with Crippen molar-refractivity contribution in [1.29, 1.82) is 0 Å². The first-order chi connectivity index (χ1) is 25.8. The SMILES string of the molecule is CNC(=O)c1ccccc1Nc1cc(Nc2cc(C)c(C3CCN(Cc4cnc(N5CCC(=O)NC5=O)cn4)CC3)cc2OC(C)C)ncc1C(F)(F)F. The number of aromatic nitrogens is 3. The number of alkyl halides is 3. The Morgan fingerprint density at radius 3 is 2.39 bits per heavy atom. The lowest BCUT2D eigenvalue weighted by Crippen LogP contribution is -2.50. The number of hydrogen-bond acceptors (Lipinski definition) is 10. The van der Waals surface area contributed by atoms with Crippen molar-refractivity contribution < 1.29 is 32.3 Å². The highest BCUT2D eigenvalue weighted by Crippen LogP contribution is 2.41. The second-order valence-corrected chi connectivity index (χ2v) is 13.5. The molecule has 4 amide bonds. The maximum absolute atomic E-state index is 14.1. The van der Waals surface area contributed by atoms with E-state index in [-0.39, 0.29) is 53.7 Å². The fraction of sp³-hybridized carbons (Fsp3) is 0.368. The zero-order valence-electron chi connectivity index (χ0n) is 30.4. The van der Waals surface area contributed by atoms with Crippen LogP contribution in [0.5, 0.6) is 5.75 Å². The Bertz CT molecular complexity index is 2020. The van der Waals surface area contributed by atoms with Crippen LogP contribution >= 0.6 is 0 Å². The van der Waals surface area contributed by atoms with Crippen LogP contribution in [0.2, 0.25) is 0 Å². The molecule has 2 aliphatic rings. The summed E-state index contributed by atoms with van der Waals surface area (Å²) in [4.78, 5) is 52.8. The van der Waals surface area contributed by atoms with Crippen molar-refractivity contribution >= 4 is 46.5 Å². The number of amides is 4. The molecule has 2 aromatic carbocycles. The molecule has 2 fully saturated rings. The largest absolute Gasteiger partial charge is 0.489 e. The van der Waals surface area contributed by atoms with Crippen LogP contribution in [0.4, 0.5) is 46.7 Å². The van der Waals surface area contributed by atoms with Crippen LogP contribution in [0.15, 0.2) is 61.1 Å². The summed E-state index contributed by atoms with van der Waals surface area (Å²) in [5.74, 6) is 0.599. The number of nitrogens with one attached hydrogen (secondary N) is 4. The van der Waals surface area contributed by atoms with Crippen molar-refractivity contribution in [2.75, 3.05) is 42.2 Å². The molecule has 0 saturated carbocycles. The van der Waals surface area contributed by atoms with Crippen LogP contribution < -0.4 is 30.9 Å². The summed E-state index contributed by atoms with van der Waals surface area (Å²) < 4.78 is 48.6. The first-order valence-corrected chi connectivity index (χ1v) is 17.7. The van der Waals surface area contributed by atoms with E-state index in [0.29, 0.717) is 23.8 Å².